The lowest BCUT2D eigenvalue weighted by Gasteiger charge is -2.26. The molecule has 7 heteroatoms. The molecule has 29 heavy (non-hydrogen) atoms. The van der Waals surface area contributed by atoms with Gasteiger partial charge in [-0.2, -0.15) is 12.6 Å². The Bertz CT molecular complexity index is 750. The van der Waals surface area contributed by atoms with Crippen LogP contribution in [0.2, 0.25) is 10.0 Å². The zero-order valence-electron chi connectivity index (χ0n) is 17.3. The van der Waals surface area contributed by atoms with E-state index in [4.69, 9.17) is 32.7 Å². The Morgan fingerprint density at radius 1 is 1.10 bits per heavy atom. The molecule has 0 radical (unpaired) electrons. The van der Waals surface area contributed by atoms with Gasteiger partial charge < -0.3 is 14.4 Å². The first-order valence-corrected chi connectivity index (χ1v) is 11.5. The van der Waals surface area contributed by atoms with E-state index >= 15 is 0 Å². The lowest BCUT2D eigenvalue weighted by atomic mass is 10.2. The standard InChI is InChI=1S/C20H24Cl2N2O2S.C2H6/c1-25-19-7-6-14(10-20(19)26-15-4-2-3-5-15)24(8-9-27)13-16-17(21)11-23-12-18(16)22;1-2/h6-7,10-12,15,27H,2-5,8-9,13H2,1H3;1-2H3. The molecule has 0 unspecified atom stereocenters. The average Bonchev–Trinajstić information content (AvgIpc) is 3.24. The number of anilines is 1. The number of nitrogens with zero attached hydrogens (tertiary/aromatic N) is 2. The van der Waals surface area contributed by atoms with Gasteiger partial charge in [0.2, 0.25) is 0 Å². The second-order valence-electron chi connectivity index (χ2n) is 6.59. The van der Waals surface area contributed by atoms with Crippen molar-refractivity contribution in [3.63, 3.8) is 0 Å². The van der Waals surface area contributed by atoms with Crippen LogP contribution < -0.4 is 14.4 Å². The maximum Gasteiger partial charge on any atom is 0.163 e. The molecule has 2 aromatic rings. The third-order valence-electron chi connectivity index (χ3n) is 4.78. The maximum atomic E-state index is 6.32. The van der Waals surface area contributed by atoms with Gasteiger partial charge in [0.15, 0.2) is 11.5 Å². The van der Waals surface area contributed by atoms with Gasteiger partial charge in [0.1, 0.15) is 0 Å². The van der Waals surface area contributed by atoms with Crippen LogP contribution >= 0.6 is 35.8 Å². The van der Waals surface area contributed by atoms with Crippen LogP contribution in [0.25, 0.3) is 0 Å². The maximum absolute atomic E-state index is 6.32. The molecule has 160 valence electrons. The van der Waals surface area contributed by atoms with E-state index in [2.05, 4.69) is 22.5 Å². The van der Waals surface area contributed by atoms with Crippen LogP contribution in [-0.2, 0) is 6.54 Å². The normalized spacial score (nSPS) is 13.6. The molecule has 1 heterocycles. The summed E-state index contributed by atoms with van der Waals surface area (Å²) >= 11 is 17.0. The highest BCUT2D eigenvalue weighted by atomic mass is 35.5. The molecule has 0 aliphatic heterocycles. The number of benzene rings is 1. The largest absolute Gasteiger partial charge is 0.493 e. The predicted octanol–water partition coefficient (Wildman–Crippen LogP) is 6.68. The highest BCUT2D eigenvalue weighted by Gasteiger charge is 2.20. The van der Waals surface area contributed by atoms with E-state index in [1.54, 1.807) is 19.5 Å². The van der Waals surface area contributed by atoms with Gasteiger partial charge in [0.25, 0.3) is 0 Å². The summed E-state index contributed by atoms with van der Waals surface area (Å²) in [7, 11) is 1.67. The van der Waals surface area contributed by atoms with Crippen LogP contribution in [0.15, 0.2) is 30.6 Å². The minimum atomic E-state index is 0.261. The molecule has 1 aliphatic rings. The first kappa shape index (κ1) is 24.0. The molecular formula is C22H30Cl2N2O2S. The topological polar surface area (TPSA) is 34.6 Å². The Kier molecular flexibility index (Phi) is 10.3. The van der Waals surface area contributed by atoms with Crippen molar-refractivity contribution >= 4 is 41.5 Å². The third-order valence-corrected chi connectivity index (χ3v) is 5.63. The Morgan fingerprint density at radius 3 is 2.34 bits per heavy atom. The number of hydrogen-bond acceptors (Lipinski definition) is 5. The quantitative estimate of drug-likeness (QED) is 0.449. The number of aromatic nitrogens is 1. The van der Waals surface area contributed by atoms with Crippen LogP contribution in [0, 0.1) is 0 Å². The van der Waals surface area contributed by atoms with Crippen molar-refractivity contribution in [3.8, 4) is 11.5 Å². The smallest absolute Gasteiger partial charge is 0.163 e. The number of halogens is 2. The Labute approximate surface area is 189 Å². The van der Waals surface area contributed by atoms with E-state index < -0.39 is 0 Å². The van der Waals surface area contributed by atoms with E-state index in [1.165, 1.54) is 12.8 Å². The molecule has 1 aromatic heterocycles. The van der Waals surface area contributed by atoms with Crippen LogP contribution in [0.1, 0.15) is 45.1 Å². The highest BCUT2D eigenvalue weighted by molar-refractivity contribution is 7.80. The summed E-state index contributed by atoms with van der Waals surface area (Å²) in [5.74, 6) is 2.22. The van der Waals surface area contributed by atoms with Gasteiger partial charge in [0, 0.05) is 48.6 Å². The van der Waals surface area contributed by atoms with Crippen LogP contribution in [0.4, 0.5) is 5.69 Å². The van der Waals surface area contributed by atoms with Crippen molar-refractivity contribution in [2.45, 2.75) is 52.2 Å². The average molecular weight is 457 g/mol. The molecule has 0 bridgehead atoms. The zero-order chi connectivity index (χ0) is 21.2. The number of rotatable bonds is 8. The monoisotopic (exact) mass is 456 g/mol. The van der Waals surface area contributed by atoms with Crippen LogP contribution in [0.5, 0.6) is 11.5 Å². The lowest BCUT2D eigenvalue weighted by Crippen LogP contribution is -2.25. The summed E-state index contributed by atoms with van der Waals surface area (Å²) in [6.07, 6.45) is 8.12. The van der Waals surface area contributed by atoms with Crippen molar-refractivity contribution in [1.82, 2.24) is 4.98 Å². The Morgan fingerprint density at radius 2 is 1.76 bits per heavy atom. The number of methoxy groups -OCH3 is 1. The Hall–Kier alpha value is -1.30. The molecule has 0 N–H and O–H groups in total. The minimum absolute atomic E-state index is 0.261. The second-order valence-corrected chi connectivity index (χ2v) is 7.85. The fraction of sp³-hybridized carbons (Fsp3) is 0.500. The fourth-order valence-corrected chi connectivity index (χ4v) is 4.07. The van der Waals surface area contributed by atoms with Crippen molar-refractivity contribution in [2.75, 3.05) is 24.3 Å². The fourth-order valence-electron chi connectivity index (χ4n) is 3.34. The molecule has 4 nitrogen and oxygen atoms in total. The summed E-state index contributed by atoms with van der Waals surface area (Å²) in [6, 6.07) is 6.00. The zero-order valence-corrected chi connectivity index (χ0v) is 19.7. The van der Waals surface area contributed by atoms with Crippen molar-refractivity contribution in [1.29, 1.82) is 0 Å². The molecule has 0 atom stereocenters. The summed E-state index contributed by atoms with van der Waals surface area (Å²) in [5, 5.41) is 1.12. The van der Waals surface area contributed by atoms with Gasteiger partial charge in [-0.1, -0.05) is 37.0 Å². The molecular weight excluding hydrogens is 427 g/mol. The van der Waals surface area contributed by atoms with Crippen molar-refractivity contribution in [2.24, 2.45) is 0 Å². The molecule has 1 fully saturated rings. The molecule has 0 saturated heterocycles. The molecule has 1 aliphatic carbocycles. The number of ether oxygens (including phenoxy) is 2. The SMILES string of the molecule is CC.COc1ccc(N(CCS)Cc2c(Cl)cncc2Cl)cc1OC1CCCC1. The summed E-state index contributed by atoms with van der Waals surface area (Å²) < 4.78 is 11.7. The van der Waals surface area contributed by atoms with Gasteiger partial charge in [-0.3, -0.25) is 4.98 Å². The van der Waals surface area contributed by atoms with Gasteiger partial charge >= 0.3 is 0 Å². The van der Waals surface area contributed by atoms with Gasteiger partial charge in [-0.25, -0.2) is 0 Å². The first-order chi connectivity index (χ1) is 14.1. The molecule has 0 amide bonds. The summed E-state index contributed by atoms with van der Waals surface area (Å²) in [6.45, 7) is 5.31. The van der Waals surface area contributed by atoms with E-state index in [1.807, 2.05) is 32.0 Å². The number of thiol groups is 1. The molecule has 0 spiro atoms. The second kappa shape index (κ2) is 12.4. The highest BCUT2D eigenvalue weighted by Crippen LogP contribution is 2.36. The molecule has 3 rings (SSSR count). The Balaban J connectivity index is 0.00000145. The van der Waals surface area contributed by atoms with Crippen LogP contribution in [-0.4, -0.2) is 30.5 Å². The molecule has 1 saturated carbocycles. The predicted molar refractivity (Wildman–Crippen MR) is 126 cm³/mol. The van der Waals surface area contributed by atoms with Gasteiger partial charge in [0.05, 0.1) is 23.3 Å². The van der Waals surface area contributed by atoms with Crippen molar-refractivity contribution in [3.05, 3.63) is 46.2 Å². The lowest BCUT2D eigenvalue weighted by molar-refractivity contribution is 0.201. The van der Waals surface area contributed by atoms with E-state index in [-0.39, 0.29) is 6.10 Å². The number of pyridine rings is 1. The van der Waals surface area contributed by atoms with E-state index in [0.29, 0.717) is 22.3 Å². The molecule has 1 aromatic carbocycles. The minimum Gasteiger partial charge on any atom is -0.493 e. The first-order valence-electron chi connectivity index (χ1n) is 10.1. The van der Waals surface area contributed by atoms with E-state index in [0.717, 1.165) is 42.1 Å². The van der Waals surface area contributed by atoms with Crippen molar-refractivity contribution < 1.29 is 9.47 Å². The third kappa shape index (κ3) is 6.59. The van der Waals surface area contributed by atoms with Crippen LogP contribution in [0.3, 0.4) is 0 Å². The van der Waals surface area contributed by atoms with Gasteiger partial charge in [-0.05, 0) is 37.8 Å². The van der Waals surface area contributed by atoms with Gasteiger partial charge in [-0.15, -0.1) is 0 Å². The summed E-state index contributed by atoms with van der Waals surface area (Å²) in [5.41, 5.74) is 1.87. The number of hydrogen-bond donors (Lipinski definition) is 1. The van der Waals surface area contributed by atoms with E-state index in [9.17, 15) is 0 Å². The summed E-state index contributed by atoms with van der Waals surface area (Å²) in [4.78, 5) is 6.21.